The standard InChI is InChI=1S/C75H116N12O20/c1-8-44(5)20-16-14-12-10-11-13-15-17-21-50(90)42-60(92)78-53(33-36-61(93)94)67(98)79-52(22-18-38-76)66(97)82-57-41-48-26-30-51(31-27-48)107-75(106)64(45(6)9-2)85-70(101)56(40-47-24-28-49(89)29-25-47)83-68(99)54(32-35-59(77)91)80-72(103)58-23-19-39-87(58)74(105)63(43(3)4)84-69(100)55(34-37-62(95)96)81-73(104)65(46(7)88)86-71(57)102/h24-31,43-46,50,52-58,63-65,88-90H,8-23,32-42,76H2,1-7H3,(H2,77,91)(H,78,92)(H,79,98)(H,80,103)(H,81,104)(H,82,97)(H,83,99)(H,84,100)(H,85,101)(H,86,102)(H,93,94)(H,95,96)/t44?,45?,46-,50?,52?,53?,54?,55?,56?,57?,58?,63?,64?,65-/m1/s1. The second kappa shape index (κ2) is 46.7. The summed E-state index contributed by atoms with van der Waals surface area (Å²) < 4.78 is 5.84. The van der Waals surface area contributed by atoms with Crippen LogP contribution in [-0.4, -0.2) is 199 Å². The van der Waals surface area contributed by atoms with Crippen LogP contribution in [0.4, 0.5) is 0 Å². The number of phenols is 1. The summed E-state index contributed by atoms with van der Waals surface area (Å²) >= 11 is 0. The number of hydrogen-bond donors (Lipinski definition) is 16. The van der Waals surface area contributed by atoms with Gasteiger partial charge >= 0.3 is 17.9 Å². The van der Waals surface area contributed by atoms with Crippen molar-refractivity contribution in [2.75, 3.05) is 13.1 Å². The number of aliphatic hydroxyl groups is 2. The zero-order chi connectivity index (χ0) is 79.4. The highest BCUT2D eigenvalue weighted by Gasteiger charge is 2.43. The van der Waals surface area contributed by atoms with Crippen molar-refractivity contribution in [3.63, 3.8) is 0 Å². The summed E-state index contributed by atoms with van der Waals surface area (Å²) in [6.45, 7) is 12.0. The lowest BCUT2D eigenvalue weighted by atomic mass is 9.97. The number of aliphatic carboxylic acids is 2. The minimum Gasteiger partial charge on any atom is -0.508 e. The molecule has 3 aliphatic heterocycles. The number of fused-ring (bicyclic) bond motifs is 23. The van der Waals surface area contributed by atoms with Crippen molar-refractivity contribution in [1.29, 1.82) is 0 Å². The molecule has 3 heterocycles. The summed E-state index contributed by atoms with van der Waals surface area (Å²) in [6.07, 6.45) is 3.99. The molecule has 14 atom stereocenters. The molecule has 18 N–H and O–H groups in total. The van der Waals surface area contributed by atoms with Crippen LogP contribution < -0.4 is 64.1 Å². The Morgan fingerprint density at radius 1 is 0.589 bits per heavy atom. The third kappa shape index (κ3) is 32.0. The normalized spacial score (nSPS) is 22.0. The van der Waals surface area contributed by atoms with Gasteiger partial charge in [0.1, 0.15) is 71.9 Å². The van der Waals surface area contributed by atoms with Gasteiger partial charge in [0.05, 0.1) is 18.6 Å². The van der Waals surface area contributed by atoms with Crippen LogP contribution in [0.25, 0.3) is 0 Å². The van der Waals surface area contributed by atoms with Crippen LogP contribution in [0.15, 0.2) is 48.5 Å². The molecular formula is C75H116N12O20. The molecule has 5 rings (SSSR count). The SMILES string of the molecule is CCC(C)CCCCCCCCCCC(O)CC(=O)NC(CCC(=O)O)C(=O)NC(CCCN)C(=O)NC1Cc2ccc(cc2)OC(=O)C(C(C)CC)NC(=O)C(Cc2ccc(O)cc2)NC(=O)C(CCC(N)=O)NC(=O)C2CCCN2C(=O)C(C(C)C)NC(=O)C(CCC(=O)O)NC(=O)[C@@H]([C@@H](C)O)NC1=O. The number of carbonyl (C=O) groups excluding carboxylic acids is 12. The fourth-order valence-corrected chi connectivity index (χ4v) is 12.5. The number of carbonyl (C=O) groups is 14. The summed E-state index contributed by atoms with van der Waals surface area (Å²) in [5.74, 6) is -15.4. The zero-order valence-electron chi connectivity index (χ0n) is 62.8. The quantitative estimate of drug-likeness (QED) is 0.0199. The number of hydrogen-bond acceptors (Lipinski definition) is 19. The van der Waals surface area contributed by atoms with Crippen LogP contribution in [0.5, 0.6) is 11.5 Å². The van der Waals surface area contributed by atoms with Crippen LogP contribution in [-0.2, 0) is 80.0 Å². The first-order valence-corrected chi connectivity index (χ1v) is 37.6. The molecule has 0 spiro atoms. The second-order valence-electron chi connectivity index (χ2n) is 28.7. The van der Waals surface area contributed by atoms with Crippen molar-refractivity contribution in [1.82, 2.24) is 52.8 Å². The molecule has 0 aliphatic carbocycles. The van der Waals surface area contributed by atoms with E-state index >= 15 is 0 Å². The smallest absolute Gasteiger partial charge is 0.334 e. The molecule has 0 saturated carbocycles. The first-order chi connectivity index (χ1) is 50.7. The van der Waals surface area contributed by atoms with Crippen LogP contribution in [0.1, 0.15) is 207 Å². The zero-order valence-corrected chi connectivity index (χ0v) is 62.8. The van der Waals surface area contributed by atoms with Gasteiger partial charge in [0.2, 0.25) is 65.0 Å². The van der Waals surface area contributed by atoms with Crippen LogP contribution >= 0.6 is 0 Å². The molecule has 12 unspecified atom stereocenters. The van der Waals surface area contributed by atoms with E-state index in [0.717, 1.165) is 49.8 Å². The fourth-order valence-electron chi connectivity index (χ4n) is 12.5. The first-order valence-electron chi connectivity index (χ1n) is 37.6. The summed E-state index contributed by atoms with van der Waals surface area (Å²) in [5, 5.41) is 74.6. The van der Waals surface area contributed by atoms with Crippen molar-refractivity contribution in [2.45, 2.75) is 282 Å². The highest BCUT2D eigenvalue weighted by molar-refractivity contribution is 6.00. The summed E-state index contributed by atoms with van der Waals surface area (Å²) in [4.78, 5) is 196. The Morgan fingerprint density at radius 2 is 1.14 bits per heavy atom. The van der Waals surface area contributed by atoms with Crippen molar-refractivity contribution in [2.24, 2.45) is 29.2 Å². The molecule has 32 nitrogen and oxygen atoms in total. The summed E-state index contributed by atoms with van der Waals surface area (Å²) in [7, 11) is 0. The number of phenolic OH excluding ortho intramolecular Hbond substituents is 1. The summed E-state index contributed by atoms with van der Waals surface area (Å²) in [6, 6.07) is -4.88. The van der Waals surface area contributed by atoms with E-state index in [1.54, 1.807) is 27.7 Å². The molecule has 2 aromatic rings. The fraction of sp³-hybridized carbons (Fsp3) is 0.653. The number of amides is 11. The van der Waals surface area contributed by atoms with Crippen LogP contribution in [0, 0.1) is 17.8 Å². The number of unbranched alkanes of at least 4 members (excludes halogenated alkanes) is 7. The number of carboxylic acid groups (broad SMARTS) is 2. The number of carboxylic acids is 2. The molecule has 0 aromatic heterocycles. The predicted octanol–water partition coefficient (Wildman–Crippen LogP) is 1.97. The number of primary amides is 1. The maximum atomic E-state index is 14.9. The number of esters is 1. The first kappa shape index (κ1) is 90.1. The van der Waals surface area contributed by atoms with E-state index in [-0.39, 0.29) is 62.3 Å². The highest BCUT2D eigenvalue weighted by atomic mass is 16.5. The summed E-state index contributed by atoms with van der Waals surface area (Å²) in [5.41, 5.74) is 12.1. The third-order valence-corrected chi connectivity index (χ3v) is 19.4. The van der Waals surface area contributed by atoms with Gasteiger partial charge in [-0.25, -0.2) is 4.79 Å². The van der Waals surface area contributed by atoms with Crippen molar-refractivity contribution in [3.05, 3.63) is 59.7 Å². The largest absolute Gasteiger partial charge is 0.508 e. The minimum atomic E-state index is -1.99. The predicted molar refractivity (Wildman–Crippen MR) is 392 cm³/mol. The molecule has 1 fully saturated rings. The number of nitrogens with zero attached hydrogens (tertiary/aromatic N) is 1. The third-order valence-electron chi connectivity index (χ3n) is 19.4. The van der Waals surface area contributed by atoms with E-state index in [1.807, 2.05) is 0 Å². The van der Waals surface area contributed by atoms with Gasteiger partial charge in [0.25, 0.3) is 0 Å². The molecule has 1 saturated heterocycles. The van der Waals surface area contributed by atoms with E-state index in [0.29, 0.717) is 24.8 Å². The van der Waals surface area contributed by atoms with Crippen LogP contribution in [0.2, 0.25) is 0 Å². The average molecular weight is 1510 g/mol. The van der Waals surface area contributed by atoms with E-state index in [1.165, 1.54) is 74.2 Å². The van der Waals surface area contributed by atoms with Crippen molar-refractivity contribution >= 4 is 82.9 Å². The Labute approximate surface area is 625 Å². The Hall–Kier alpha value is -9.30. The van der Waals surface area contributed by atoms with Gasteiger partial charge in [-0.1, -0.05) is 136 Å². The van der Waals surface area contributed by atoms with Crippen molar-refractivity contribution < 1.29 is 97.4 Å². The second-order valence-corrected chi connectivity index (χ2v) is 28.7. The topological polar surface area (TPSA) is 513 Å². The van der Waals surface area contributed by atoms with Gasteiger partial charge < -0.3 is 94.5 Å². The lowest BCUT2D eigenvalue weighted by molar-refractivity contribution is -0.144. The van der Waals surface area contributed by atoms with Gasteiger partial charge in [-0.05, 0) is 118 Å². The van der Waals surface area contributed by atoms with E-state index in [9.17, 15) is 92.7 Å². The lowest BCUT2D eigenvalue weighted by Crippen LogP contribution is -2.62. The molecular weight excluding hydrogens is 1390 g/mol. The maximum absolute atomic E-state index is 14.9. The lowest BCUT2D eigenvalue weighted by Gasteiger charge is -2.32. The molecule has 3 aliphatic rings. The molecule has 107 heavy (non-hydrogen) atoms. The van der Waals surface area contributed by atoms with E-state index < -0.39 is 219 Å². The van der Waals surface area contributed by atoms with Crippen molar-refractivity contribution in [3.8, 4) is 11.5 Å². The number of benzene rings is 2. The molecule has 0 radical (unpaired) electrons. The van der Waals surface area contributed by atoms with Gasteiger partial charge in [0.15, 0.2) is 0 Å². The number of aliphatic hydroxyl groups excluding tert-OH is 2. The minimum absolute atomic E-state index is 0.0236. The number of aromatic hydroxyl groups is 1. The van der Waals surface area contributed by atoms with Gasteiger partial charge in [-0.15, -0.1) is 0 Å². The number of ether oxygens (including phenoxy) is 1. The molecule has 596 valence electrons. The monoisotopic (exact) mass is 1500 g/mol. The molecule has 11 amide bonds. The van der Waals surface area contributed by atoms with Gasteiger partial charge in [-0.3, -0.25) is 62.3 Å². The average Bonchev–Trinajstić information content (AvgIpc) is 1.76. The highest BCUT2D eigenvalue weighted by Crippen LogP contribution is 2.24. The molecule has 32 heteroatoms. The molecule has 2 bridgehead atoms. The number of nitrogens with one attached hydrogen (secondary N) is 9. The van der Waals surface area contributed by atoms with Gasteiger partial charge in [0, 0.05) is 38.6 Å². The maximum Gasteiger partial charge on any atom is 0.334 e. The number of nitrogens with two attached hydrogens (primary N) is 2. The number of rotatable bonds is 37. The Bertz CT molecular complexity index is 3280. The molecule has 2 aromatic carbocycles. The van der Waals surface area contributed by atoms with E-state index in [4.69, 9.17) is 16.2 Å². The Morgan fingerprint density at radius 3 is 1.72 bits per heavy atom. The Balaban J connectivity index is 1.77. The van der Waals surface area contributed by atoms with E-state index in [2.05, 4.69) is 61.7 Å². The van der Waals surface area contributed by atoms with Gasteiger partial charge in [-0.2, -0.15) is 0 Å². The Kier molecular flexibility index (Phi) is 39.3. The van der Waals surface area contributed by atoms with Crippen LogP contribution in [0.3, 0.4) is 0 Å².